The van der Waals surface area contributed by atoms with Crippen LogP contribution in [0.1, 0.15) is 55.9 Å². The topological polar surface area (TPSA) is 12.0 Å². The second kappa shape index (κ2) is 3.91. The summed E-state index contributed by atoms with van der Waals surface area (Å²) < 4.78 is 0. The minimum atomic E-state index is 0.0649. The molecule has 1 N–H and O–H groups in total. The molecule has 1 aliphatic heterocycles. The van der Waals surface area contributed by atoms with Gasteiger partial charge in [0.2, 0.25) is 0 Å². The van der Waals surface area contributed by atoms with E-state index < -0.39 is 0 Å². The number of hydrogen-bond acceptors (Lipinski definition) is 1. The fourth-order valence-electron chi connectivity index (χ4n) is 4.10. The van der Waals surface area contributed by atoms with Crippen LogP contribution in [0.4, 0.5) is 5.69 Å². The third-order valence-corrected chi connectivity index (χ3v) is 5.39. The van der Waals surface area contributed by atoms with E-state index in [9.17, 15) is 0 Å². The van der Waals surface area contributed by atoms with Crippen LogP contribution in [0.5, 0.6) is 0 Å². The van der Waals surface area contributed by atoms with Crippen LogP contribution in [0.25, 0.3) is 0 Å². The highest BCUT2D eigenvalue weighted by Gasteiger charge is 2.49. The highest BCUT2D eigenvalue weighted by Crippen LogP contribution is 2.55. The second-order valence-corrected chi connectivity index (χ2v) is 7.79. The molecule has 4 rings (SSSR count). The standard InChI is InChI=1S/C20H23N/c1-19(2,3)14-9-10-18-15(12-14)17-11-13-7-5-6-8-16(13)20(17,4)21-18/h5-10,12,17,21H,11H2,1-4H3/t17-,20-/m0/s1. The van der Waals surface area contributed by atoms with Gasteiger partial charge >= 0.3 is 0 Å². The molecule has 1 heterocycles. The van der Waals surface area contributed by atoms with Crippen molar-refractivity contribution in [2.45, 2.75) is 51.0 Å². The van der Waals surface area contributed by atoms with Gasteiger partial charge in [-0.3, -0.25) is 0 Å². The lowest BCUT2D eigenvalue weighted by atomic mass is 9.81. The van der Waals surface area contributed by atoms with Crippen LogP contribution in [-0.2, 0) is 17.4 Å². The summed E-state index contributed by atoms with van der Waals surface area (Å²) in [4.78, 5) is 0. The molecule has 0 spiro atoms. The summed E-state index contributed by atoms with van der Waals surface area (Å²) in [6.45, 7) is 9.24. The number of nitrogens with one attached hydrogen (secondary N) is 1. The molecule has 0 amide bonds. The largest absolute Gasteiger partial charge is 0.375 e. The lowest BCUT2D eigenvalue weighted by molar-refractivity contribution is 0.490. The number of hydrogen-bond donors (Lipinski definition) is 1. The monoisotopic (exact) mass is 277 g/mol. The molecule has 2 atom stereocenters. The second-order valence-electron chi connectivity index (χ2n) is 7.79. The van der Waals surface area contributed by atoms with Gasteiger partial charge in [0.1, 0.15) is 0 Å². The van der Waals surface area contributed by atoms with Crippen molar-refractivity contribution in [3.63, 3.8) is 0 Å². The van der Waals surface area contributed by atoms with Crippen molar-refractivity contribution in [3.8, 4) is 0 Å². The van der Waals surface area contributed by atoms with Crippen molar-refractivity contribution in [3.05, 3.63) is 64.7 Å². The molecule has 108 valence electrons. The van der Waals surface area contributed by atoms with Gasteiger partial charge in [-0.1, -0.05) is 57.2 Å². The van der Waals surface area contributed by atoms with Crippen molar-refractivity contribution in [2.75, 3.05) is 5.32 Å². The van der Waals surface area contributed by atoms with Crippen LogP contribution in [0.3, 0.4) is 0 Å². The summed E-state index contributed by atoms with van der Waals surface area (Å²) >= 11 is 0. The van der Waals surface area contributed by atoms with Crippen molar-refractivity contribution in [2.24, 2.45) is 0 Å². The molecule has 0 saturated heterocycles. The van der Waals surface area contributed by atoms with Crippen LogP contribution in [0, 0.1) is 0 Å². The van der Waals surface area contributed by atoms with Crippen LogP contribution in [0.15, 0.2) is 42.5 Å². The van der Waals surface area contributed by atoms with Gasteiger partial charge < -0.3 is 5.32 Å². The van der Waals surface area contributed by atoms with Gasteiger partial charge in [0.25, 0.3) is 0 Å². The summed E-state index contributed by atoms with van der Waals surface area (Å²) in [6, 6.07) is 15.9. The van der Waals surface area contributed by atoms with E-state index in [0.29, 0.717) is 5.92 Å². The van der Waals surface area contributed by atoms with Crippen LogP contribution in [0.2, 0.25) is 0 Å². The Hall–Kier alpha value is -1.76. The van der Waals surface area contributed by atoms with E-state index in [-0.39, 0.29) is 11.0 Å². The predicted octanol–water partition coefficient (Wildman–Crippen LogP) is 4.96. The lowest BCUT2D eigenvalue weighted by Crippen LogP contribution is -2.29. The Morgan fingerprint density at radius 1 is 1.10 bits per heavy atom. The molecular weight excluding hydrogens is 254 g/mol. The normalized spacial score (nSPS) is 26.0. The highest BCUT2D eigenvalue weighted by atomic mass is 15.0. The Morgan fingerprint density at radius 2 is 1.86 bits per heavy atom. The zero-order chi connectivity index (χ0) is 14.8. The van der Waals surface area contributed by atoms with Gasteiger partial charge in [0, 0.05) is 11.6 Å². The summed E-state index contributed by atoms with van der Waals surface area (Å²) in [5.41, 5.74) is 7.51. The molecule has 1 aliphatic carbocycles. The third-order valence-electron chi connectivity index (χ3n) is 5.39. The van der Waals surface area contributed by atoms with Crippen molar-refractivity contribution in [1.29, 1.82) is 0 Å². The lowest BCUT2D eigenvalue weighted by Gasteiger charge is -2.27. The number of anilines is 1. The van der Waals surface area contributed by atoms with E-state index in [1.54, 1.807) is 0 Å². The molecule has 0 bridgehead atoms. The molecule has 1 nitrogen and oxygen atoms in total. The average Bonchev–Trinajstić information content (AvgIpc) is 2.86. The molecular formula is C20H23N. The molecule has 1 heteroatoms. The number of benzene rings is 2. The maximum Gasteiger partial charge on any atom is 0.0672 e. The van der Waals surface area contributed by atoms with E-state index in [4.69, 9.17) is 0 Å². The quantitative estimate of drug-likeness (QED) is 0.717. The molecule has 2 aromatic rings. The zero-order valence-electron chi connectivity index (χ0n) is 13.3. The molecule has 21 heavy (non-hydrogen) atoms. The van der Waals surface area contributed by atoms with Crippen LogP contribution in [-0.4, -0.2) is 0 Å². The Bertz CT molecular complexity index is 723. The van der Waals surface area contributed by atoms with Crippen LogP contribution >= 0.6 is 0 Å². The SMILES string of the molecule is CC(C)(C)c1ccc2c(c1)[C@@H]1Cc3ccccc3[C@]1(C)N2. The summed E-state index contributed by atoms with van der Waals surface area (Å²) in [6.07, 6.45) is 1.15. The summed E-state index contributed by atoms with van der Waals surface area (Å²) in [5, 5.41) is 3.81. The average molecular weight is 277 g/mol. The number of fused-ring (bicyclic) bond motifs is 5. The minimum Gasteiger partial charge on any atom is -0.375 e. The predicted molar refractivity (Wildman–Crippen MR) is 89.0 cm³/mol. The van der Waals surface area contributed by atoms with Crippen molar-refractivity contribution >= 4 is 5.69 Å². The smallest absolute Gasteiger partial charge is 0.0672 e. The molecule has 0 fully saturated rings. The van der Waals surface area contributed by atoms with Crippen LogP contribution < -0.4 is 5.32 Å². The van der Waals surface area contributed by atoms with E-state index in [1.807, 2.05) is 0 Å². The Kier molecular flexibility index (Phi) is 2.41. The summed E-state index contributed by atoms with van der Waals surface area (Å²) in [7, 11) is 0. The molecule has 0 radical (unpaired) electrons. The molecule has 0 unspecified atom stereocenters. The van der Waals surface area contributed by atoms with E-state index in [1.165, 1.54) is 27.9 Å². The molecule has 2 aliphatic rings. The third kappa shape index (κ3) is 1.70. The highest BCUT2D eigenvalue weighted by molar-refractivity contribution is 5.67. The van der Waals surface area contributed by atoms with Gasteiger partial charge in [-0.2, -0.15) is 0 Å². The maximum atomic E-state index is 3.81. The van der Waals surface area contributed by atoms with Gasteiger partial charge in [-0.25, -0.2) is 0 Å². The molecule has 0 aromatic heterocycles. The van der Waals surface area contributed by atoms with Gasteiger partial charge in [-0.15, -0.1) is 0 Å². The van der Waals surface area contributed by atoms with Crippen molar-refractivity contribution in [1.82, 2.24) is 0 Å². The minimum absolute atomic E-state index is 0.0649. The first kappa shape index (κ1) is 12.9. The Labute approximate surface area is 127 Å². The fraction of sp³-hybridized carbons (Fsp3) is 0.400. The first-order valence-electron chi connectivity index (χ1n) is 7.90. The van der Waals surface area contributed by atoms with E-state index >= 15 is 0 Å². The Morgan fingerprint density at radius 3 is 2.62 bits per heavy atom. The number of rotatable bonds is 0. The zero-order valence-corrected chi connectivity index (χ0v) is 13.3. The van der Waals surface area contributed by atoms with E-state index in [0.717, 1.165) is 6.42 Å². The first-order chi connectivity index (χ1) is 9.89. The molecule has 2 aromatic carbocycles. The van der Waals surface area contributed by atoms with E-state index in [2.05, 4.69) is 75.5 Å². The van der Waals surface area contributed by atoms with Gasteiger partial charge in [0.15, 0.2) is 0 Å². The van der Waals surface area contributed by atoms with Gasteiger partial charge in [-0.05, 0) is 47.1 Å². The van der Waals surface area contributed by atoms with Crippen molar-refractivity contribution < 1.29 is 0 Å². The first-order valence-corrected chi connectivity index (χ1v) is 7.90. The summed E-state index contributed by atoms with van der Waals surface area (Å²) in [5.74, 6) is 0.562. The van der Waals surface area contributed by atoms with Gasteiger partial charge in [0.05, 0.1) is 5.54 Å². The Balaban J connectivity index is 1.84. The maximum absolute atomic E-state index is 3.81. The fourth-order valence-corrected chi connectivity index (χ4v) is 4.10. The molecule has 0 saturated carbocycles.